The Bertz CT molecular complexity index is 508. The maximum atomic E-state index is 11.9. The molecule has 1 atom stereocenters. The van der Waals surface area contributed by atoms with Crippen LogP contribution in [0.4, 0.5) is 0 Å². The van der Waals surface area contributed by atoms with Gasteiger partial charge in [-0.3, -0.25) is 4.79 Å². The second-order valence-electron chi connectivity index (χ2n) is 4.90. The van der Waals surface area contributed by atoms with Gasteiger partial charge in [-0.2, -0.15) is 0 Å². The molecule has 0 amide bonds. The molecule has 0 aromatic heterocycles. The molecule has 0 spiro atoms. The van der Waals surface area contributed by atoms with Crippen molar-refractivity contribution in [1.29, 1.82) is 0 Å². The summed E-state index contributed by atoms with van der Waals surface area (Å²) in [5.74, 6) is -0.199. The predicted molar refractivity (Wildman–Crippen MR) is 76.0 cm³/mol. The lowest BCUT2D eigenvalue weighted by molar-refractivity contribution is -0.143. The number of hydrogen-bond donors (Lipinski definition) is 1. The monoisotopic (exact) mass is 273 g/mol. The smallest absolute Gasteiger partial charge is 0.328 e. The van der Waals surface area contributed by atoms with Gasteiger partial charge in [-0.15, -0.1) is 0 Å². The van der Waals surface area contributed by atoms with Gasteiger partial charge in [-0.25, -0.2) is 4.79 Å². The Hall–Kier alpha value is -2.10. The van der Waals surface area contributed by atoms with Gasteiger partial charge in [0.2, 0.25) is 0 Å². The SMILES string of the molecule is COC(=O)C(Cc1ccccc1)NC1=CC(=O)CCC1. The fraction of sp³-hybridized carbons (Fsp3) is 0.375. The Morgan fingerprint density at radius 1 is 1.30 bits per heavy atom. The first-order valence-electron chi connectivity index (χ1n) is 6.80. The van der Waals surface area contributed by atoms with Gasteiger partial charge in [0.05, 0.1) is 7.11 Å². The van der Waals surface area contributed by atoms with E-state index in [1.807, 2.05) is 30.3 Å². The second kappa shape index (κ2) is 6.89. The molecule has 1 aliphatic rings. The van der Waals surface area contributed by atoms with E-state index in [2.05, 4.69) is 5.32 Å². The van der Waals surface area contributed by atoms with Gasteiger partial charge in [0.15, 0.2) is 5.78 Å². The van der Waals surface area contributed by atoms with Crippen LogP contribution in [0.15, 0.2) is 42.1 Å². The van der Waals surface area contributed by atoms with Crippen LogP contribution in [0.25, 0.3) is 0 Å². The largest absolute Gasteiger partial charge is 0.467 e. The number of carbonyl (C=O) groups is 2. The molecule has 0 saturated heterocycles. The van der Waals surface area contributed by atoms with E-state index in [1.165, 1.54) is 7.11 Å². The molecule has 0 fully saturated rings. The van der Waals surface area contributed by atoms with Crippen LogP contribution in [0.5, 0.6) is 0 Å². The zero-order valence-corrected chi connectivity index (χ0v) is 11.6. The van der Waals surface area contributed by atoms with E-state index in [9.17, 15) is 9.59 Å². The van der Waals surface area contributed by atoms with E-state index in [0.717, 1.165) is 24.1 Å². The highest BCUT2D eigenvalue weighted by atomic mass is 16.5. The van der Waals surface area contributed by atoms with E-state index in [0.29, 0.717) is 12.8 Å². The predicted octanol–water partition coefficient (Wildman–Crippen LogP) is 2.00. The first-order chi connectivity index (χ1) is 9.69. The minimum absolute atomic E-state index is 0.113. The lowest BCUT2D eigenvalue weighted by atomic mass is 10.0. The van der Waals surface area contributed by atoms with Crippen LogP contribution < -0.4 is 5.32 Å². The van der Waals surface area contributed by atoms with Gasteiger partial charge in [-0.05, 0) is 18.4 Å². The highest BCUT2D eigenvalue weighted by Gasteiger charge is 2.21. The minimum Gasteiger partial charge on any atom is -0.467 e. The molecule has 1 aromatic rings. The van der Waals surface area contributed by atoms with E-state index in [1.54, 1.807) is 6.08 Å². The Kier molecular flexibility index (Phi) is 4.93. The lowest BCUT2D eigenvalue weighted by Crippen LogP contribution is -2.39. The number of carbonyl (C=O) groups excluding carboxylic acids is 2. The Labute approximate surface area is 118 Å². The fourth-order valence-electron chi connectivity index (χ4n) is 2.31. The van der Waals surface area contributed by atoms with Crippen molar-refractivity contribution in [2.75, 3.05) is 7.11 Å². The molecule has 1 aliphatic carbocycles. The van der Waals surface area contributed by atoms with Crippen LogP contribution in [-0.2, 0) is 20.7 Å². The van der Waals surface area contributed by atoms with E-state index in [4.69, 9.17) is 4.74 Å². The van der Waals surface area contributed by atoms with Crippen LogP contribution >= 0.6 is 0 Å². The molecule has 20 heavy (non-hydrogen) atoms. The van der Waals surface area contributed by atoms with Crippen LogP contribution in [-0.4, -0.2) is 24.9 Å². The molecule has 0 saturated carbocycles. The first kappa shape index (κ1) is 14.3. The molecular weight excluding hydrogens is 254 g/mol. The topological polar surface area (TPSA) is 55.4 Å². The van der Waals surface area contributed by atoms with Gasteiger partial charge in [-0.1, -0.05) is 30.3 Å². The summed E-state index contributed by atoms with van der Waals surface area (Å²) in [5.41, 5.74) is 1.88. The number of rotatable bonds is 5. The third-order valence-corrected chi connectivity index (χ3v) is 3.33. The van der Waals surface area contributed by atoms with Crippen LogP contribution in [0.2, 0.25) is 0 Å². The number of ketones is 1. The summed E-state index contributed by atoms with van der Waals surface area (Å²) in [7, 11) is 1.38. The normalized spacial score (nSPS) is 16.2. The molecule has 4 nitrogen and oxygen atoms in total. The molecule has 4 heteroatoms. The van der Waals surface area contributed by atoms with Crippen LogP contribution in [0.3, 0.4) is 0 Å². The molecule has 1 aromatic carbocycles. The number of allylic oxidation sites excluding steroid dienone is 2. The number of nitrogens with one attached hydrogen (secondary N) is 1. The van der Waals surface area contributed by atoms with Crippen molar-refractivity contribution in [3.05, 3.63) is 47.7 Å². The summed E-state index contributed by atoms with van der Waals surface area (Å²) in [5, 5.41) is 3.15. The Balaban J connectivity index is 2.08. The van der Waals surface area contributed by atoms with Crippen LogP contribution in [0, 0.1) is 0 Å². The zero-order valence-electron chi connectivity index (χ0n) is 11.6. The number of methoxy groups -OCH3 is 1. The average molecular weight is 273 g/mol. The van der Waals surface area contributed by atoms with Gasteiger partial charge in [0.25, 0.3) is 0 Å². The van der Waals surface area contributed by atoms with Gasteiger partial charge in [0, 0.05) is 24.6 Å². The van der Waals surface area contributed by atoms with E-state index in [-0.39, 0.29) is 11.8 Å². The summed E-state index contributed by atoms with van der Waals surface area (Å²) >= 11 is 0. The van der Waals surface area contributed by atoms with E-state index >= 15 is 0 Å². The molecule has 0 heterocycles. The molecule has 0 aliphatic heterocycles. The van der Waals surface area contributed by atoms with Crippen molar-refractivity contribution >= 4 is 11.8 Å². The molecular formula is C16H19NO3. The summed E-state index contributed by atoms with van der Waals surface area (Å²) in [4.78, 5) is 23.3. The van der Waals surface area contributed by atoms with Crippen molar-refractivity contribution < 1.29 is 14.3 Å². The van der Waals surface area contributed by atoms with Crippen molar-refractivity contribution in [2.24, 2.45) is 0 Å². The molecule has 106 valence electrons. The van der Waals surface area contributed by atoms with Crippen molar-refractivity contribution in [3.8, 4) is 0 Å². The van der Waals surface area contributed by atoms with Crippen molar-refractivity contribution in [3.63, 3.8) is 0 Å². The fourth-order valence-corrected chi connectivity index (χ4v) is 2.31. The second-order valence-corrected chi connectivity index (χ2v) is 4.90. The minimum atomic E-state index is -0.459. The van der Waals surface area contributed by atoms with Crippen LogP contribution in [0.1, 0.15) is 24.8 Å². The lowest BCUT2D eigenvalue weighted by Gasteiger charge is -2.21. The third-order valence-electron chi connectivity index (χ3n) is 3.33. The summed E-state index contributed by atoms with van der Waals surface area (Å²) in [6.07, 6.45) is 4.36. The quantitative estimate of drug-likeness (QED) is 0.834. The summed E-state index contributed by atoms with van der Waals surface area (Å²) in [6.45, 7) is 0. The number of ether oxygens (including phenoxy) is 1. The first-order valence-corrected chi connectivity index (χ1v) is 6.80. The molecule has 2 rings (SSSR count). The van der Waals surface area contributed by atoms with Gasteiger partial charge < -0.3 is 10.1 Å². The third kappa shape index (κ3) is 3.95. The maximum Gasteiger partial charge on any atom is 0.328 e. The number of benzene rings is 1. The molecule has 1 unspecified atom stereocenters. The molecule has 0 radical (unpaired) electrons. The average Bonchev–Trinajstić information content (AvgIpc) is 2.47. The van der Waals surface area contributed by atoms with E-state index < -0.39 is 6.04 Å². The summed E-state index contributed by atoms with van der Waals surface area (Å²) in [6, 6.07) is 9.29. The zero-order chi connectivity index (χ0) is 14.4. The van der Waals surface area contributed by atoms with Gasteiger partial charge >= 0.3 is 5.97 Å². The highest BCUT2D eigenvalue weighted by molar-refractivity contribution is 5.91. The highest BCUT2D eigenvalue weighted by Crippen LogP contribution is 2.15. The van der Waals surface area contributed by atoms with Crippen molar-refractivity contribution in [1.82, 2.24) is 5.32 Å². The number of esters is 1. The standard InChI is InChI=1S/C16H19NO3/c1-20-16(19)15(10-12-6-3-2-4-7-12)17-13-8-5-9-14(18)11-13/h2-4,6-7,11,15,17H,5,8-10H2,1H3. The maximum absolute atomic E-state index is 11.9. The number of hydrogen-bond acceptors (Lipinski definition) is 4. The van der Waals surface area contributed by atoms with Gasteiger partial charge in [0.1, 0.15) is 6.04 Å². The molecule has 1 N–H and O–H groups in total. The van der Waals surface area contributed by atoms with Crippen molar-refractivity contribution in [2.45, 2.75) is 31.7 Å². The Morgan fingerprint density at radius 3 is 2.70 bits per heavy atom. The summed E-state index contributed by atoms with van der Waals surface area (Å²) < 4.78 is 4.84. The molecule has 0 bridgehead atoms. The Morgan fingerprint density at radius 2 is 2.05 bits per heavy atom.